The van der Waals surface area contributed by atoms with E-state index < -0.39 is 5.41 Å². The molecule has 1 atom stereocenters. The van der Waals surface area contributed by atoms with E-state index in [-0.39, 0.29) is 5.24 Å². The summed E-state index contributed by atoms with van der Waals surface area (Å²) in [6.07, 6.45) is 2.20. The maximum Gasteiger partial charge on any atom is 0.232 e. The number of halogens is 1. The van der Waals surface area contributed by atoms with Crippen molar-refractivity contribution in [3.63, 3.8) is 0 Å². The average molecular weight is 239 g/mol. The van der Waals surface area contributed by atoms with E-state index in [2.05, 4.69) is 6.58 Å². The van der Waals surface area contributed by atoms with E-state index in [0.29, 0.717) is 12.2 Å². The summed E-state index contributed by atoms with van der Waals surface area (Å²) in [4.78, 5) is 11.5. The molecule has 0 aromatic heterocycles. The van der Waals surface area contributed by atoms with Gasteiger partial charge >= 0.3 is 0 Å². The maximum atomic E-state index is 11.5. The second-order valence-corrected chi connectivity index (χ2v) is 4.17. The highest BCUT2D eigenvalue weighted by molar-refractivity contribution is 6.65. The van der Waals surface area contributed by atoms with Gasteiger partial charge in [0.05, 0.1) is 12.5 Å². The predicted octanol–water partition coefficient (Wildman–Crippen LogP) is 3.29. The van der Waals surface area contributed by atoms with Gasteiger partial charge in [0, 0.05) is 0 Å². The first-order chi connectivity index (χ1) is 7.54. The van der Waals surface area contributed by atoms with Gasteiger partial charge in [-0.3, -0.25) is 4.79 Å². The Kier molecular flexibility index (Phi) is 4.13. The topological polar surface area (TPSA) is 26.3 Å². The molecule has 0 N–H and O–H groups in total. The van der Waals surface area contributed by atoms with Crippen LogP contribution in [0.5, 0.6) is 5.75 Å². The molecule has 0 heterocycles. The molecular formula is C13H15ClO2. The summed E-state index contributed by atoms with van der Waals surface area (Å²) in [7, 11) is 1.59. The van der Waals surface area contributed by atoms with Crippen LogP contribution in [0.3, 0.4) is 0 Å². The van der Waals surface area contributed by atoms with Gasteiger partial charge in [-0.2, -0.15) is 0 Å². The van der Waals surface area contributed by atoms with Crippen LogP contribution in [0, 0.1) is 0 Å². The van der Waals surface area contributed by atoms with Crippen LogP contribution in [0.1, 0.15) is 18.9 Å². The Morgan fingerprint density at radius 3 is 2.81 bits per heavy atom. The molecule has 2 nitrogen and oxygen atoms in total. The molecule has 0 spiro atoms. The number of rotatable bonds is 5. The van der Waals surface area contributed by atoms with Crippen LogP contribution in [-0.2, 0) is 10.2 Å². The quantitative estimate of drug-likeness (QED) is 0.581. The van der Waals surface area contributed by atoms with Gasteiger partial charge in [0.25, 0.3) is 0 Å². The zero-order chi connectivity index (χ0) is 12.2. The van der Waals surface area contributed by atoms with E-state index in [1.165, 1.54) is 0 Å². The molecule has 1 unspecified atom stereocenters. The number of hydrogen-bond acceptors (Lipinski definition) is 2. The highest BCUT2D eigenvalue weighted by Crippen LogP contribution is 2.32. The monoisotopic (exact) mass is 238 g/mol. The number of hydrogen-bond donors (Lipinski definition) is 0. The number of benzene rings is 1. The van der Waals surface area contributed by atoms with E-state index in [0.717, 1.165) is 5.56 Å². The molecule has 0 bridgehead atoms. The van der Waals surface area contributed by atoms with Crippen molar-refractivity contribution in [1.82, 2.24) is 0 Å². The lowest BCUT2D eigenvalue weighted by Crippen LogP contribution is -2.28. The minimum absolute atomic E-state index is 0.388. The standard InChI is InChI=1S/C13H15ClO2/c1-4-8-13(2,12(14)15)10-6-5-7-11(9-10)16-3/h4-7,9H,1,8H2,2-3H3. The summed E-state index contributed by atoms with van der Waals surface area (Å²) >= 11 is 5.67. The number of carbonyl (C=O) groups excluding carboxylic acids is 1. The van der Waals surface area contributed by atoms with Crippen LogP contribution < -0.4 is 4.74 Å². The Morgan fingerprint density at radius 1 is 1.62 bits per heavy atom. The average Bonchev–Trinajstić information content (AvgIpc) is 2.29. The van der Waals surface area contributed by atoms with Crippen LogP contribution in [0.2, 0.25) is 0 Å². The summed E-state index contributed by atoms with van der Waals surface area (Å²) in [6.45, 7) is 5.46. The van der Waals surface area contributed by atoms with Crippen molar-refractivity contribution in [1.29, 1.82) is 0 Å². The van der Waals surface area contributed by atoms with E-state index in [4.69, 9.17) is 16.3 Å². The van der Waals surface area contributed by atoms with Gasteiger partial charge < -0.3 is 4.74 Å². The summed E-state index contributed by atoms with van der Waals surface area (Å²) in [5.41, 5.74) is 0.101. The Morgan fingerprint density at radius 2 is 2.31 bits per heavy atom. The van der Waals surface area contributed by atoms with Crippen molar-refractivity contribution in [2.45, 2.75) is 18.8 Å². The van der Waals surface area contributed by atoms with E-state index in [9.17, 15) is 4.79 Å². The van der Waals surface area contributed by atoms with Gasteiger partial charge in [0.2, 0.25) is 5.24 Å². The van der Waals surface area contributed by atoms with Gasteiger partial charge in [-0.25, -0.2) is 0 Å². The molecule has 0 saturated carbocycles. The number of ether oxygens (including phenoxy) is 1. The first-order valence-corrected chi connectivity index (χ1v) is 5.37. The smallest absolute Gasteiger partial charge is 0.232 e. The lowest BCUT2D eigenvalue weighted by Gasteiger charge is -2.24. The van der Waals surface area contributed by atoms with Gasteiger partial charge in [-0.05, 0) is 42.6 Å². The van der Waals surface area contributed by atoms with Crippen molar-refractivity contribution in [3.8, 4) is 5.75 Å². The minimum Gasteiger partial charge on any atom is -0.497 e. The molecule has 1 rings (SSSR count). The maximum absolute atomic E-state index is 11.5. The molecule has 0 saturated heterocycles. The number of allylic oxidation sites excluding steroid dienone is 1. The zero-order valence-electron chi connectivity index (χ0n) is 9.50. The van der Waals surface area contributed by atoms with Crippen molar-refractivity contribution < 1.29 is 9.53 Å². The minimum atomic E-state index is -0.738. The van der Waals surface area contributed by atoms with E-state index in [1.807, 2.05) is 24.3 Å². The third-order valence-electron chi connectivity index (χ3n) is 2.69. The Labute approximate surface area is 101 Å². The molecule has 0 aliphatic carbocycles. The first kappa shape index (κ1) is 12.8. The van der Waals surface area contributed by atoms with Crippen LogP contribution in [0.15, 0.2) is 36.9 Å². The molecule has 0 amide bonds. The Balaban J connectivity index is 3.20. The molecule has 0 aliphatic heterocycles. The van der Waals surface area contributed by atoms with Crippen LogP contribution in [0.25, 0.3) is 0 Å². The summed E-state index contributed by atoms with van der Waals surface area (Å²) < 4.78 is 5.13. The summed E-state index contributed by atoms with van der Waals surface area (Å²) in [5, 5.41) is -0.388. The van der Waals surface area contributed by atoms with E-state index >= 15 is 0 Å². The third kappa shape index (κ3) is 2.45. The van der Waals surface area contributed by atoms with Crippen molar-refractivity contribution in [2.75, 3.05) is 7.11 Å². The molecule has 1 aromatic rings. The second kappa shape index (κ2) is 5.17. The zero-order valence-corrected chi connectivity index (χ0v) is 10.3. The summed E-state index contributed by atoms with van der Waals surface area (Å²) in [5.74, 6) is 0.714. The first-order valence-electron chi connectivity index (χ1n) is 5.00. The molecule has 0 fully saturated rings. The molecule has 16 heavy (non-hydrogen) atoms. The fraction of sp³-hybridized carbons (Fsp3) is 0.308. The van der Waals surface area contributed by atoms with Gasteiger partial charge in [-0.15, -0.1) is 6.58 Å². The number of carbonyl (C=O) groups is 1. The predicted molar refractivity (Wildman–Crippen MR) is 66.0 cm³/mol. The Bertz CT molecular complexity index is 401. The highest BCUT2D eigenvalue weighted by atomic mass is 35.5. The highest BCUT2D eigenvalue weighted by Gasteiger charge is 2.32. The fourth-order valence-corrected chi connectivity index (χ4v) is 1.75. The molecule has 1 aromatic carbocycles. The van der Waals surface area contributed by atoms with Crippen molar-refractivity contribution >= 4 is 16.8 Å². The van der Waals surface area contributed by atoms with Crippen molar-refractivity contribution in [2.24, 2.45) is 0 Å². The van der Waals surface area contributed by atoms with Gasteiger partial charge in [0.1, 0.15) is 5.75 Å². The van der Waals surface area contributed by atoms with Crippen LogP contribution >= 0.6 is 11.6 Å². The Hall–Kier alpha value is -1.28. The lowest BCUT2D eigenvalue weighted by atomic mass is 9.80. The van der Waals surface area contributed by atoms with Crippen LogP contribution in [-0.4, -0.2) is 12.4 Å². The second-order valence-electron chi connectivity index (χ2n) is 3.83. The van der Waals surface area contributed by atoms with Crippen molar-refractivity contribution in [3.05, 3.63) is 42.5 Å². The SMILES string of the molecule is C=CCC(C)(C(=O)Cl)c1cccc(OC)c1. The molecule has 0 aliphatic rings. The normalized spacial score (nSPS) is 13.9. The number of methoxy groups -OCH3 is 1. The third-order valence-corrected chi connectivity index (χ3v) is 3.11. The molecule has 3 heteroatoms. The summed E-state index contributed by atoms with van der Waals surface area (Å²) in [6, 6.07) is 7.36. The van der Waals surface area contributed by atoms with Gasteiger partial charge in [-0.1, -0.05) is 18.2 Å². The van der Waals surface area contributed by atoms with Gasteiger partial charge in [0.15, 0.2) is 0 Å². The molecular weight excluding hydrogens is 224 g/mol. The van der Waals surface area contributed by atoms with Crippen LogP contribution in [0.4, 0.5) is 0 Å². The van der Waals surface area contributed by atoms with E-state index in [1.54, 1.807) is 20.1 Å². The fourth-order valence-electron chi connectivity index (χ4n) is 1.57. The lowest BCUT2D eigenvalue weighted by molar-refractivity contribution is -0.116. The largest absolute Gasteiger partial charge is 0.497 e. The molecule has 86 valence electrons. The molecule has 0 radical (unpaired) electrons.